The molecule has 4 aromatic rings. The van der Waals surface area contributed by atoms with Crippen molar-refractivity contribution in [2.75, 3.05) is 5.75 Å². The van der Waals surface area contributed by atoms with E-state index in [4.69, 9.17) is 5.26 Å². The summed E-state index contributed by atoms with van der Waals surface area (Å²) < 4.78 is 13.7. The molecule has 0 spiro atoms. The summed E-state index contributed by atoms with van der Waals surface area (Å²) in [5, 5.41) is 11.6. The molecule has 2 aromatic carbocycles. The van der Waals surface area contributed by atoms with Crippen LogP contribution in [0.5, 0.6) is 0 Å². The van der Waals surface area contributed by atoms with Crippen LogP contribution in [0.4, 0.5) is 4.39 Å². The van der Waals surface area contributed by atoms with Crippen molar-refractivity contribution in [3.05, 3.63) is 46.6 Å². The Morgan fingerprint density at radius 2 is 2.13 bits per heavy atom. The van der Waals surface area contributed by atoms with Gasteiger partial charge >= 0.3 is 0 Å². The maximum absolute atomic E-state index is 13.7. The molecule has 0 saturated heterocycles. The third kappa shape index (κ3) is 2.07. The lowest BCUT2D eigenvalue weighted by molar-refractivity contribution is 0.630. The molecule has 2 heterocycles. The highest BCUT2D eigenvalue weighted by molar-refractivity contribution is 7.99. The topological polar surface area (TPSA) is 85.3 Å². The minimum atomic E-state index is -0.403. The molecule has 2 aromatic heterocycles. The van der Waals surface area contributed by atoms with Crippen molar-refractivity contribution in [2.45, 2.75) is 5.16 Å². The van der Waals surface area contributed by atoms with Gasteiger partial charge in [-0.05, 0) is 24.3 Å². The summed E-state index contributed by atoms with van der Waals surface area (Å²) in [7, 11) is 0. The number of benzene rings is 2. The Morgan fingerprint density at radius 3 is 2.96 bits per heavy atom. The minimum absolute atomic E-state index is 0.269. The van der Waals surface area contributed by atoms with Gasteiger partial charge in [0.05, 0.1) is 28.2 Å². The maximum Gasteiger partial charge on any atom is 0.256 e. The zero-order valence-corrected chi connectivity index (χ0v) is 12.5. The number of fused-ring (bicyclic) bond motifs is 6. The van der Waals surface area contributed by atoms with Crippen LogP contribution >= 0.6 is 11.8 Å². The fourth-order valence-electron chi connectivity index (χ4n) is 2.79. The van der Waals surface area contributed by atoms with Crippen LogP contribution in [0.1, 0.15) is 0 Å². The summed E-state index contributed by atoms with van der Waals surface area (Å²) in [6.07, 6.45) is 1.55. The summed E-state index contributed by atoms with van der Waals surface area (Å²) in [5.74, 6) is -0.134. The second-order valence-corrected chi connectivity index (χ2v) is 5.96. The van der Waals surface area contributed by atoms with Crippen LogP contribution < -0.4 is 5.56 Å². The smallest absolute Gasteiger partial charge is 0.256 e. The average Bonchev–Trinajstić information content (AvgIpc) is 2.97. The molecule has 0 aliphatic rings. The van der Waals surface area contributed by atoms with Gasteiger partial charge in [-0.15, -0.1) is 0 Å². The van der Waals surface area contributed by atoms with Crippen LogP contribution in [0.25, 0.3) is 32.6 Å². The van der Waals surface area contributed by atoms with Gasteiger partial charge in [0.1, 0.15) is 5.82 Å². The number of aromatic amines is 2. The zero-order chi connectivity index (χ0) is 16.0. The fourth-order valence-corrected chi connectivity index (χ4v) is 3.33. The first-order valence-electron chi connectivity index (χ1n) is 6.81. The van der Waals surface area contributed by atoms with Crippen LogP contribution in [-0.2, 0) is 0 Å². The molecule has 0 bridgehead atoms. The Hall–Kier alpha value is -2.85. The van der Waals surface area contributed by atoms with Crippen LogP contribution in [0.2, 0.25) is 0 Å². The summed E-state index contributed by atoms with van der Waals surface area (Å²) in [5.41, 5.74) is 1.10. The number of aromatic nitrogens is 3. The van der Waals surface area contributed by atoms with E-state index < -0.39 is 5.82 Å². The number of H-pyrrole nitrogens is 2. The Bertz CT molecular complexity index is 1170. The maximum atomic E-state index is 13.7. The lowest BCUT2D eigenvalue weighted by Gasteiger charge is -2.05. The molecular formula is C16H9FN4OS. The molecule has 23 heavy (non-hydrogen) atoms. The predicted octanol–water partition coefficient (Wildman–Crippen LogP) is 3.31. The molecule has 2 N–H and O–H groups in total. The number of nitriles is 1. The highest BCUT2D eigenvalue weighted by Crippen LogP contribution is 2.33. The SMILES string of the molecule is N#CCSc1nc2c3cc[nH]c(=O)c3c3cc(F)ccc3c2[nH]1. The number of thioether (sulfide) groups is 1. The quantitative estimate of drug-likeness (QED) is 0.437. The van der Waals surface area contributed by atoms with E-state index in [0.717, 1.165) is 10.9 Å². The standard InChI is InChI=1S/C16H9FN4OS/c17-8-1-2-9-11(7-8)12-10(3-5-19-15(12)22)14-13(9)20-16(21-14)23-6-4-18/h1-3,5,7H,6H2,(H,19,22)(H,20,21). The number of pyridine rings is 1. The van der Waals surface area contributed by atoms with E-state index in [1.807, 2.05) is 6.07 Å². The van der Waals surface area contributed by atoms with Crippen LogP contribution in [0.15, 0.2) is 40.4 Å². The summed E-state index contributed by atoms with van der Waals surface area (Å²) in [6.45, 7) is 0. The lowest BCUT2D eigenvalue weighted by atomic mass is 10.0. The van der Waals surface area contributed by atoms with Crippen molar-refractivity contribution in [3.8, 4) is 6.07 Å². The van der Waals surface area contributed by atoms with E-state index in [1.165, 1.54) is 23.9 Å². The molecule has 112 valence electrons. The Morgan fingerprint density at radius 1 is 1.26 bits per heavy atom. The number of halogens is 1. The molecular weight excluding hydrogens is 315 g/mol. The number of hydrogen-bond acceptors (Lipinski definition) is 4. The first kappa shape index (κ1) is 13.8. The normalized spacial score (nSPS) is 11.3. The van der Waals surface area contributed by atoms with E-state index in [9.17, 15) is 9.18 Å². The zero-order valence-electron chi connectivity index (χ0n) is 11.7. The van der Waals surface area contributed by atoms with E-state index in [0.29, 0.717) is 26.8 Å². The Balaban J connectivity index is 2.22. The number of nitrogens with zero attached hydrogens (tertiary/aromatic N) is 2. The fraction of sp³-hybridized carbons (Fsp3) is 0.0625. The van der Waals surface area contributed by atoms with E-state index in [2.05, 4.69) is 15.0 Å². The number of nitrogens with one attached hydrogen (secondary N) is 2. The molecule has 0 amide bonds. The second-order valence-electron chi connectivity index (χ2n) is 5.00. The predicted molar refractivity (Wildman–Crippen MR) is 88.0 cm³/mol. The monoisotopic (exact) mass is 324 g/mol. The van der Waals surface area contributed by atoms with E-state index >= 15 is 0 Å². The molecule has 0 radical (unpaired) electrons. The van der Waals surface area contributed by atoms with Gasteiger partial charge in [-0.2, -0.15) is 5.26 Å². The average molecular weight is 324 g/mol. The highest BCUT2D eigenvalue weighted by atomic mass is 32.2. The van der Waals surface area contributed by atoms with Crippen molar-refractivity contribution >= 4 is 44.3 Å². The first-order valence-corrected chi connectivity index (χ1v) is 7.79. The van der Waals surface area contributed by atoms with Gasteiger partial charge in [-0.25, -0.2) is 9.37 Å². The largest absolute Gasteiger partial charge is 0.332 e. The molecule has 5 nitrogen and oxygen atoms in total. The molecule has 0 atom stereocenters. The van der Waals surface area contributed by atoms with Gasteiger partial charge in [0.25, 0.3) is 5.56 Å². The van der Waals surface area contributed by atoms with Gasteiger partial charge in [0.2, 0.25) is 0 Å². The number of hydrogen-bond donors (Lipinski definition) is 2. The van der Waals surface area contributed by atoms with Gasteiger partial charge in [0, 0.05) is 22.4 Å². The van der Waals surface area contributed by atoms with Gasteiger partial charge in [0.15, 0.2) is 5.16 Å². The second kappa shape index (κ2) is 5.11. The molecule has 0 aliphatic heterocycles. The van der Waals surface area contributed by atoms with Crippen LogP contribution in [0.3, 0.4) is 0 Å². The van der Waals surface area contributed by atoms with Crippen molar-refractivity contribution < 1.29 is 4.39 Å². The van der Waals surface area contributed by atoms with Crippen LogP contribution in [0, 0.1) is 17.1 Å². The third-order valence-corrected chi connectivity index (χ3v) is 4.43. The molecule has 0 fully saturated rings. The van der Waals surface area contributed by atoms with Gasteiger partial charge < -0.3 is 9.97 Å². The minimum Gasteiger partial charge on any atom is -0.332 e. The van der Waals surface area contributed by atoms with Gasteiger partial charge in [-0.1, -0.05) is 11.8 Å². The third-order valence-electron chi connectivity index (χ3n) is 3.69. The number of rotatable bonds is 2. The van der Waals surface area contributed by atoms with Crippen molar-refractivity contribution in [1.29, 1.82) is 5.26 Å². The van der Waals surface area contributed by atoms with E-state index in [-0.39, 0.29) is 11.3 Å². The van der Waals surface area contributed by atoms with Crippen molar-refractivity contribution in [1.82, 2.24) is 15.0 Å². The van der Waals surface area contributed by atoms with Crippen LogP contribution in [-0.4, -0.2) is 20.7 Å². The highest BCUT2D eigenvalue weighted by Gasteiger charge is 2.15. The van der Waals surface area contributed by atoms with Crippen molar-refractivity contribution in [3.63, 3.8) is 0 Å². The molecule has 7 heteroatoms. The molecule has 0 saturated carbocycles. The van der Waals surface area contributed by atoms with Crippen molar-refractivity contribution in [2.24, 2.45) is 0 Å². The number of imidazole rings is 1. The van der Waals surface area contributed by atoms with Gasteiger partial charge in [-0.3, -0.25) is 4.79 Å². The van der Waals surface area contributed by atoms with E-state index in [1.54, 1.807) is 18.3 Å². The summed E-state index contributed by atoms with van der Waals surface area (Å²) >= 11 is 1.28. The molecule has 4 rings (SSSR count). The molecule has 0 aliphatic carbocycles. The Kier molecular flexibility index (Phi) is 3.06. The first-order chi connectivity index (χ1) is 11.2. The lowest BCUT2D eigenvalue weighted by Crippen LogP contribution is -2.05. The Labute approximate surface area is 133 Å². The summed E-state index contributed by atoms with van der Waals surface area (Å²) in [4.78, 5) is 22.6. The molecule has 0 unspecified atom stereocenters. The summed E-state index contributed by atoms with van der Waals surface area (Å²) in [6, 6.07) is 8.15.